The quantitative estimate of drug-likeness (QED) is 0.295. The third-order valence-electron chi connectivity index (χ3n) is 8.11. The van der Waals surface area contributed by atoms with E-state index in [2.05, 4.69) is 64.2 Å². The molecular formula is C31H33FN2O. The van der Waals surface area contributed by atoms with E-state index in [1.54, 1.807) is 0 Å². The first-order valence-corrected chi connectivity index (χ1v) is 13.0. The van der Waals surface area contributed by atoms with Crippen molar-refractivity contribution in [3.8, 4) is 5.69 Å². The van der Waals surface area contributed by atoms with Crippen molar-refractivity contribution in [1.29, 1.82) is 0 Å². The van der Waals surface area contributed by atoms with E-state index in [0.29, 0.717) is 0 Å². The molecule has 0 aliphatic carbocycles. The van der Waals surface area contributed by atoms with Crippen molar-refractivity contribution >= 4 is 10.9 Å². The second kappa shape index (κ2) is 9.60. The Morgan fingerprint density at radius 3 is 2.49 bits per heavy atom. The number of fused-ring (bicyclic) bond motifs is 3. The van der Waals surface area contributed by atoms with Crippen LogP contribution in [0.3, 0.4) is 0 Å². The number of halogens is 1. The molecule has 180 valence electrons. The van der Waals surface area contributed by atoms with Gasteiger partial charge in [0.25, 0.3) is 0 Å². The highest BCUT2D eigenvalue weighted by molar-refractivity contribution is 5.85. The van der Waals surface area contributed by atoms with Gasteiger partial charge in [0.05, 0.1) is 18.7 Å². The number of likely N-dealkylation sites (tertiary alicyclic amines) is 1. The average molecular weight is 469 g/mol. The first-order chi connectivity index (χ1) is 17.2. The summed E-state index contributed by atoms with van der Waals surface area (Å²) in [5.41, 5.74) is 6.69. The molecule has 0 amide bonds. The van der Waals surface area contributed by atoms with Gasteiger partial charge < -0.3 is 14.2 Å². The maximum Gasteiger partial charge on any atom is 0.123 e. The molecule has 4 heteroatoms. The predicted molar refractivity (Wildman–Crippen MR) is 140 cm³/mol. The van der Waals surface area contributed by atoms with Gasteiger partial charge in [-0.25, -0.2) is 4.39 Å². The lowest BCUT2D eigenvalue weighted by Gasteiger charge is -2.45. The Morgan fingerprint density at radius 1 is 0.857 bits per heavy atom. The van der Waals surface area contributed by atoms with E-state index in [-0.39, 0.29) is 11.2 Å². The van der Waals surface area contributed by atoms with Gasteiger partial charge in [-0.3, -0.25) is 0 Å². The van der Waals surface area contributed by atoms with Crippen LogP contribution in [0.2, 0.25) is 0 Å². The number of nitrogens with zero attached hydrogens (tertiary/aromatic N) is 2. The van der Waals surface area contributed by atoms with Crippen molar-refractivity contribution in [3.63, 3.8) is 0 Å². The summed E-state index contributed by atoms with van der Waals surface area (Å²) >= 11 is 0. The highest BCUT2D eigenvalue weighted by Crippen LogP contribution is 2.40. The molecule has 4 aromatic rings. The van der Waals surface area contributed by atoms with Crippen LogP contribution in [0.4, 0.5) is 4.39 Å². The minimum atomic E-state index is -0.200. The van der Waals surface area contributed by atoms with E-state index in [4.69, 9.17) is 4.74 Å². The average Bonchev–Trinajstić information content (AvgIpc) is 3.27. The molecule has 0 N–H and O–H groups in total. The summed E-state index contributed by atoms with van der Waals surface area (Å²) in [6.07, 6.45) is 8.06. The normalized spacial score (nSPS) is 17.6. The van der Waals surface area contributed by atoms with Gasteiger partial charge in [-0.1, -0.05) is 42.5 Å². The molecule has 0 radical (unpaired) electrons. The first-order valence-electron chi connectivity index (χ1n) is 13.0. The first kappa shape index (κ1) is 22.5. The van der Waals surface area contributed by atoms with E-state index in [1.165, 1.54) is 65.4 Å². The smallest absolute Gasteiger partial charge is 0.123 e. The lowest BCUT2D eigenvalue weighted by molar-refractivity contribution is 0.0185. The molecule has 0 saturated carbocycles. The molecule has 1 fully saturated rings. The van der Waals surface area contributed by atoms with E-state index in [1.807, 2.05) is 12.1 Å². The van der Waals surface area contributed by atoms with Crippen LogP contribution in [0.5, 0.6) is 0 Å². The standard InChI is InChI=1S/C31H33FN2O/c32-26-12-14-27(15-13-26)34-21-24(28-9-2-4-11-30(28)34)7-5-6-18-33-19-16-31(17-20-33)23-35-22-25-8-1-3-10-29(25)31/h1-4,8-15,21H,5-7,16-20,22-23H2. The Kier molecular flexibility index (Phi) is 6.17. The predicted octanol–water partition coefficient (Wildman–Crippen LogP) is 6.66. The lowest BCUT2D eigenvalue weighted by atomic mass is 9.70. The number of hydrogen-bond acceptors (Lipinski definition) is 2. The third kappa shape index (κ3) is 4.41. The maximum atomic E-state index is 13.4. The largest absolute Gasteiger partial charge is 0.376 e. The van der Waals surface area contributed by atoms with Gasteiger partial charge in [-0.15, -0.1) is 0 Å². The van der Waals surface area contributed by atoms with Crippen molar-refractivity contribution in [2.75, 3.05) is 26.2 Å². The van der Waals surface area contributed by atoms with Gasteiger partial charge >= 0.3 is 0 Å². The summed E-state index contributed by atoms with van der Waals surface area (Å²) in [4.78, 5) is 2.64. The number of benzene rings is 3. The number of piperidine rings is 1. The molecule has 2 aliphatic heterocycles. The Morgan fingerprint density at radius 2 is 1.63 bits per heavy atom. The number of hydrogen-bond donors (Lipinski definition) is 0. The van der Waals surface area contributed by atoms with Crippen molar-refractivity contribution in [3.05, 3.63) is 102 Å². The number of aromatic nitrogens is 1. The third-order valence-corrected chi connectivity index (χ3v) is 8.11. The maximum absolute atomic E-state index is 13.4. The van der Waals surface area contributed by atoms with Crippen molar-refractivity contribution in [1.82, 2.24) is 9.47 Å². The van der Waals surface area contributed by atoms with Crippen molar-refractivity contribution in [2.45, 2.75) is 44.1 Å². The van der Waals surface area contributed by atoms with Gasteiger partial charge in [-0.05, 0) is 98.8 Å². The minimum absolute atomic E-state index is 0.200. The van der Waals surface area contributed by atoms with Gasteiger partial charge in [0.15, 0.2) is 0 Å². The summed E-state index contributed by atoms with van der Waals surface area (Å²) < 4.78 is 21.6. The topological polar surface area (TPSA) is 17.4 Å². The Labute approximate surface area is 207 Å². The van der Waals surface area contributed by atoms with Gasteiger partial charge in [0.2, 0.25) is 0 Å². The van der Waals surface area contributed by atoms with E-state index in [9.17, 15) is 4.39 Å². The van der Waals surface area contributed by atoms with Gasteiger partial charge in [-0.2, -0.15) is 0 Å². The molecule has 1 aromatic heterocycles. The SMILES string of the molecule is Fc1ccc(-n2cc(CCCCN3CCC4(CC3)COCc3ccccc34)c3ccccc32)cc1. The van der Waals surface area contributed by atoms with Crippen molar-refractivity contribution in [2.24, 2.45) is 0 Å². The van der Waals surface area contributed by atoms with E-state index >= 15 is 0 Å². The fourth-order valence-electron chi connectivity index (χ4n) is 6.13. The summed E-state index contributed by atoms with van der Waals surface area (Å²) in [6, 6.07) is 24.2. The van der Waals surface area contributed by atoms with E-state index < -0.39 is 0 Å². The van der Waals surface area contributed by atoms with Crippen LogP contribution in [-0.4, -0.2) is 35.7 Å². The highest BCUT2D eigenvalue weighted by atomic mass is 19.1. The molecule has 6 rings (SSSR count). The van der Waals surface area contributed by atoms with E-state index in [0.717, 1.165) is 45.0 Å². The zero-order chi connectivity index (χ0) is 23.7. The van der Waals surface area contributed by atoms with Crippen LogP contribution < -0.4 is 0 Å². The number of para-hydroxylation sites is 1. The monoisotopic (exact) mass is 468 g/mol. The summed E-state index contributed by atoms with van der Waals surface area (Å²) in [6.45, 7) is 5.10. The Balaban J connectivity index is 1.06. The van der Waals surface area contributed by atoms with Crippen LogP contribution in [-0.2, 0) is 23.2 Å². The fourth-order valence-corrected chi connectivity index (χ4v) is 6.13. The molecule has 0 atom stereocenters. The van der Waals surface area contributed by atoms with Crippen LogP contribution in [0, 0.1) is 5.82 Å². The van der Waals surface area contributed by atoms with Gasteiger partial charge in [0, 0.05) is 22.7 Å². The molecule has 35 heavy (non-hydrogen) atoms. The molecule has 0 bridgehead atoms. The second-order valence-electron chi connectivity index (χ2n) is 10.2. The summed E-state index contributed by atoms with van der Waals surface area (Å²) in [5, 5.41) is 1.30. The Bertz CT molecular complexity index is 1300. The van der Waals surface area contributed by atoms with Crippen LogP contribution in [0.15, 0.2) is 79.0 Å². The van der Waals surface area contributed by atoms with Crippen LogP contribution in [0.1, 0.15) is 42.4 Å². The summed E-state index contributed by atoms with van der Waals surface area (Å²) in [7, 11) is 0. The minimum Gasteiger partial charge on any atom is -0.376 e. The fraction of sp³-hybridized carbons (Fsp3) is 0.355. The zero-order valence-electron chi connectivity index (χ0n) is 20.3. The molecule has 3 aromatic carbocycles. The summed E-state index contributed by atoms with van der Waals surface area (Å²) in [5.74, 6) is -0.200. The highest BCUT2D eigenvalue weighted by Gasteiger charge is 2.39. The number of unbranched alkanes of at least 4 members (excludes halogenated alkanes) is 1. The number of ether oxygens (including phenoxy) is 1. The molecule has 3 nitrogen and oxygen atoms in total. The number of aryl methyl sites for hydroxylation is 1. The Hall–Kier alpha value is -2.95. The molecule has 1 spiro atoms. The molecule has 2 aliphatic rings. The van der Waals surface area contributed by atoms with Gasteiger partial charge in [0.1, 0.15) is 5.82 Å². The molecule has 1 saturated heterocycles. The zero-order valence-corrected chi connectivity index (χ0v) is 20.3. The molecule has 0 unspecified atom stereocenters. The molecule has 3 heterocycles. The number of rotatable bonds is 6. The lowest BCUT2D eigenvalue weighted by Crippen LogP contribution is -2.47. The van der Waals surface area contributed by atoms with Crippen LogP contribution >= 0.6 is 0 Å². The second-order valence-corrected chi connectivity index (χ2v) is 10.2. The molecular weight excluding hydrogens is 435 g/mol. The van der Waals surface area contributed by atoms with Crippen molar-refractivity contribution < 1.29 is 9.13 Å². The van der Waals surface area contributed by atoms with Crippen LogP contribution in [0.25, 0.3) is 16.6 Å².